The van der Waals surface area contributed by atoms with Crippen molar-refractivity contribution in [2.24, 2.45) is 0 Å². The molecule has 0 N–H and O–H groups in total. The minimum absolute atomic E-state index is 0.254. The Balaban J connectivity index is 1.98. The lowest BCUT2D eigenvalue weighted by atomic mass is 9.93. The van der Waals surface area contributed by atoms with Gasteiger partial charge in [0.2, 0.25) is 0 Å². The van der Waals surface area contributed by atoms with Crippen LogP contribution in [0.15, 0.2) is 61.2 Å². The molecule has 4 nitrogen and oxygen atoms in total. The molecule has 0 saturated heterocycles. The normalized spacial score (nSPS) is 15.0. The molecule has 1 aliphatic rings. The van der Waals surface area contributed by atoms with Crippen LogP contribution in [0, 0.1) is 6.92 Å². The highest BCUT2D eigenvalue weighted by atomic mass is 16.5. The molecule has 27 heavy (non-hydrogen) atoms. The number of rotatable bonds is 5. The number of benzene rings is 2. The van der Waals surface area contributed by atoms with Crippen molar-refractivity contribution < 1.29 is 19.1 Å². The Morgan fingerprint density at radius 3 is 2.67 bits per heavy atom. The van der Waals surface area contributed by atoms with Gasteiger partial charge in [-0.2, -0.15) is 0 Å². The summed E-state index contributed by atoms with van der Waals surface area (Å²) in [6.07, 6.45) is 2.49. The summed E-state index contributed by atoms with van der Waals surface area (Å²) < 4.78 is 10.9. The van der Waals surface area contributed by atoms with Crippen LogP contribution < -0.4 is 4.74 Å². The van der Waals surface area contributed by atoms with Gasteiger partial charge in [-0.15, -0.1) is 0 Å². The van der Waals surface area contributed by atoms with Crippen LogP contribution in [0.1, 0.15) is 36.1 Å². The maximum atomic E-state index is 11.8. The molecular formula is C23H22O4. The molecule has 1 atom stereocenters. The molecule has 2 aromatic rings. The highest BCUT2D eigenvalue weighted by molar-refractivity contribution is 5.89. The van der Waals surface area contributed by atoms with Crippen LogP contribution in [0.2, 0.25) is 0 Å². The third-order valence-electron chi connectivity index (χ3n) is 4.70. The van der Waals surface area contributed by atoms with Crippen molar-refractivity contribution in [3.05, 3.63) is 77.9 Å². The van der Waals surface area contributed by atoms with Gasteiger partial charge in [0.05, 0.1) is 0 Å². The minimum atomic E-state index is -0.445. The molecule has 4 heteroatoms. The topological polar surface area (TPSA) is 52.6 Å². The number of hydrogen-bond acceptors (Lipinski definition) is 4. The lowest BCUT2D eigenvalue weighted by Gasteiger charge is -2.15. The fraction of sp³-hybridized carbons (Fsp3) is 0.217. The summed E-state index contributed by atoms with van der Waals surface area (Å²) in [6.45, 7) is 10.7. The summed E-state index contributed by atoms with van der Waals surface area (Å²) in [5, 5.41) is 0. The first-order chi connectivity index (χ1) is 12.9. The zero-order valence-corrected chi connectivity index (χ0v) is 15.6. The van der Waals surface area contributed by atoms with Gasteiger partial charge in [-0.25, -0.2) is 9.59 Å². The van der Waals surface area contributed by atoms with E-state index in [1.165, 1.54) is 6.08 Å². The van der Waals surface area contributed by atoms with Gasteiger partial charge in [0.1, 0.15) is 11.9 Å². The molecule has 0 heterocycles. The predicted molar refractivity (Wildman–Crippen MR) is 104 cm³/mol. The zero-order chi connectivity index (χ0) is 19.6. The van der Waals surface area contributed by atoms with E-state index in [2.05, 4.69) is 13.2 Å². The van der Waals surface area contributed by atoms with E-state index in [1.807, 2.05) is 37.3 Å². The summed E-state index contributed by atoms with van der Waals surface area (Å²) in [4.78, 5) is 23.4. The number of ether oxygens (including phenoxy) is 2. The molecule has 0 saturated carbocycles. The van der Waals surface area contributed by atoms with Crippen molar-refractivity contribution in [2.75, 3.05) is 0 Å². The van der Waals surface area contributed by atoms with E-state index < -0.39 is 11.9 Å². The molecule has 0 bridgehead atoms. The number of fused-ring (bicyclic) bond motifs is 1. The monoisotopic (exact) mass is 362 g/mol. The molecule has 0 aromatic heterocycles. The fourth-order valence-corrected chi connectivity index (χ4v) is 3.33. The van der Waals surface area contributed by atoms with Gasteiger partial charge < -0.3 is 9.47 Å². The third kappa shape index (κ3) is 3.85. The van der Waals surface area contributed by atoms with Crippen LogP contribution in [0.5, 0.6) is 5.75 Å². The van der Waals surface area contributed by atoms with E-state index in [4.69, 9.17) is 9.47 Å². The molecule has 2 aromatic carbocycles. The average molecular weight is 362 g/mol. The quantitative estimate of drug-likeness (QED) is 0.433. The van der Waals surface area contributed by atoms with Crippen molar-refractivity contribution in [1.29, 1.82) is 0 Å². The molecule has 0 spiro atoms. The van der Waals surface area contributed by atoms with Crippen molar-refractivity contribution in [2.45, 2.75) is 32.8 Å². The number of aryl methyl sites for hydroxylation is 1. The van der Waals surface area contributed by atoms with Crippen LogP contribution in [0.4, 0.5) is 0 Å². The Labute approximate surface area is 159 Å². The number of carbonyl (C=O) groups excluding carboxylic acids is 2. The van der Waals surface area contributed by atoms with Gasteiger partial charge >= 0.3 is 11.9 Å². The van der Waals surface area contributed by atoms with Gasteiger partial charge in [-0.1, -0.05) is 37.4 Å². The average Bonchev–Trinajstić information content (AvgIpc) is 3.06. The second-order valence-corrected chi connectivity index (χ2v) is 6.69. The van der Waals surface area contributed by atoms with E-state index in [0.717, 1.165) is 40.7 Å². The van der Waals surface area contributed by atoms with Crippen molar-refractivity contribution in [3.63, 3.8) is 0 Å². The summed E-state index contributed by atoms with van der Waals surface area (Å²) >= 11 is 0. The number of carbonyl (C=O) groups is 2. The van der Waals surface area contributed by atoms with Gasteiger partial charge in [-0.05, 0) is 66.6 Å². The summed E-state index contributed by atoms with van der Waals surface area (Å²) in [6, 6.07) is 11.6. The summed E-state index contributed by atoms with van der Waals surface area (Å²) in [5.74, 6) is -0.378. The maximum absolute atomic E-state index is 11.8. The molecule has 3 rings (SSSR count). The SMILES string of the molecule is C=CC(=O)OC1CCc2c(-c3cc(OC(=O)C(=C)C)ccc3C)cccc21. The summed E-state index contributed by atoms with van der Waals surface area (Å²) in [7, 11) is 0. The van der Waals surface area contributed by atoms with E-state index >= 15 is 0 Å². The lowest BCUT2D eigenvalue weighted by Crippen LogP contribution is -2.08. The van der Waals surface area contributed by atoms with Gasteiger partial charge in [0.25, 0.3) is 0 Å². The number of hydrogen-bond donors (Lipinski definition) is 0. The van der Waals surface area contributed by atoms with Crippen LogP contribution in [0.3, 0.4) is 0 Å². The first-order valence-corrected chi connectivity index (χ1v) is 8.84. The van der Waals surface area contributed by atoms with E-state index in [9.17, 15) is 9.59 Å². The second kappa shape index (κ2) is 7.62. The van der Waals surface area contributed by atoms with Crippen molar-refractivity contribution in [3.8, 4) is 16.9 Å². The Hall–Kier alpha value is -3.14. The smallest absolute Gasteiger partial charge is 0.338 e. The highest BCUT2D eigenvalue weighted by Crippen LogP contribution is 2.41. The highest BCUT2D eigenvalue weighted by Gasteiger charge is 2.27. The molecule has 0 amide bonds. The molecule has 1 aliphatic carbocycles. The number of esters is 2. The molecule has 0 fully saturated rings. The first kappa shape index (κ1) is 18.6. The van der Waals surface area contributed by atoms with Crippen LogP contribution in [-0.2, 0) is 20.7 Å². The third-order valence-corrected chi connectivity index (χ3v) is 4.70. The Bertz CT molecular complexity index is 939. The van der Waals surface area contributed by atoms with Crippen LogP contribution in [0.25, 0.3) is 11.1 Å². The standard InChI is InChI=1S/C23H22O4/c1-5-22(24)27-21-12-11-18-17(7-6-8-19(18)21)20-13-16(10-9-15(20)4)26-23(25)14(2)3/h5-10,13,21H,1-2,11-12H2,3-4H3. The lowest BCUT2D eigenvalue weighted by molar-refractivity contribution is -0.143. The van der Waals surface area contributed by atoms with Gasteiger partial charge in [0, 0.05) is 11.6 Å². The second-order valence-electron chi connectivity index (χ2n) is 6.69. The molecular weight excluding hydrogens is 340 g/mol. The van der Waals surface area contributed by atoms with E-state index in [1.54, 1.807) is 13.0 Å². The zero-order valence-electron chi connectivity index (χ0n) is 15.6. The predicted octanol–water partition coefficient (Wildman–Crippen LogP) is 4.86. The van der Waals surface area contributed by atoms with Crippen LogP contribution in [-0.4, -0.2) is 11.9 Å². The molecule has 138 valence electrons. The first-order valence-electron chi connectivity index (χ1n) is 8.84. The van der Waals surface area contributed by atoms with Gasteiger partial charge in [0.15, 0.2) is 0 Å². The fourth-order valence-electron chi connectivity index (χ4n) is 3.33. The van der Waals surface area contributed by atoms with E-state index in [0.29, 0.717) is 11.3 Å². The molecule has 1 unspecified atom stereocenters. The van der Waals surface area contributed by atoms with Crippen molar-refractivity contribution >= 4 is 11.9 Å². The van der Waals surface area contributed by atoms with E-state index in [-0.39, 0.29) is 6.10 Å². The minimum Gasteiger partial charge on any atom is -0.454 e. The maximum Gasteiger partial charge on any atom is 0.338 e. The van der Waals surface area contributed by atoms with Gasteiger partial charge in [-0.3, -0.25) is 0 Å². The van der Waals surface area contributed by atoms with Crippen molar-refractivity contribution in [1.82, 2.24) is 0 Å². The summed E-state index contributed by atoms with van der Waals surface area (Å²) in [5.41, 5.74) is 5.66. The Morgan fingerprint density at radius 1 is 1.19 bits per heavy atom. The Kier molecular flexibility index (Phi) is 5.26. The largest absolute Gasteiger partial charge is 0.454 e. The molecule has 0 radical (unpaired) electrons. The van der Waals surface area contributed by atoms with Crippen LogP contribution >= 0.6 is 0 Å². The Morgan fingerprint density at radius 2 is 1.96 bits per heavy atom. The molecule has 0 aliphatic heterocycles.